The molecule has 9 N–H and O–H groups in total. The van der Waals surface area contributed by atoms with Gasteiger partial charge in [-0.05, 0) is 0 Å². The van der Waals surface area contributed by atoms with Gasteiger partial charge in [-0.3, -0.25) is 23.4 Å². The van der Waals surface area contributed by atoms with E-state index in [1.54, 1.807) is 0 Å². The Bertz CT molecular complexity index is 1200. The van der Waals surface area contributed by atoms with Crippen molar-refractivity contribution in [2.45, 2.75) is 55.2 Å². The van der Waals surface area contributed by atoms with E-state index in [2.05, 4.69) is 9.05 Å². The molecule has 0 aliphatic carbocycles. The summed E-state index contributed by atoms with van der Waals surface area (Å²) in [7, 11) is -11.3. The highest BCUT2D eigenvalue weighted by atomic mass is 31.3. The van der Waals surface area contributed by atoms with Crippen LogP contribution in [0.4, 0.5) is 0 Å². The molecule has 3 heterocycles. The van der Waals surface area contributed by atoms with Gasteiger partial charge in [0, 0.05) is 12.3 Å². The van der Waals surface area contributed by atoms with Crippen molar-refractivity contribution in [1.82, 2.24) is 9.55 Å². The number of aliphatic hydroxyl groups excluding tert-OH is 5. The molecule has 2 aliphatic rings. The number of rotatable bonds is 9. The van der Waals surface area contributed by atoms with Gasteiger partial charge in [0.1, 0.15) is 36.6 Å². The molecule has 1 aromatic heterocycles. The summed E-state index contributed by atoms with van der Waals surface area (Å²) in [5.41, 5.74) is -1.83. The maximum Gasteiger partial charge on any atom is 0.484 e. The summed E-state index contributed by atoms with van der Waals surface area (Å²) in [6.07, 6.45) is -17.8. The number of aliphatic hydroxyl groups is 5. The van der Waals surface area contributed by atoms with Crippen LogP contribution in [-0.2, 0) is 36.8 Å². The number of carboxylic acid groups (broad SMARTS) is 1. The number of hydrogen-bond acceptors (Lipinski definition) is 15. The van der Waals surface area contributed by atoms with Crippen molar-refractivity contribution in [3.05, 3.63) is 33.1 Å². The number of carbonyl (C=O) groups is 1. The first-order valence-electron chi connectivity index (χ1n) is 9.98. The minimum atomic E-state index is -5.72. The van der Waals surface area contributed by atoms with Crippen molar-refractivity contribution in [1.29, 1.82) is 0 Å². The molecule has 20 nitrogen and oxygen atoms in total. The van der Waals surface area contributed by atoms with Gasteiger partial charge < -0.3 is 49.9 Å². The molecule has 2 saturated heterocycles. The van der Waals surface area contributed by atoms with Crippen LogP contribution in [0.1, 0.15) is 6.23 Å². The number of aliphatic carboxylic acids is 1. The zero-order valence-corrected chi connectivity index (χ0v) is 19.8. The Labute approximate surface area is 204 Å². The summed E-state index contributed by atoms with van der Waals surface area (Å²) in [4.78, 5) is 54.5. The van der Waals surface area contributed by atoms with Gasteiger partial charge in [-0.15, -0.1) is 0 Å². The fourth-order valence-corrected chi connectivity index (χ4v) is 5.74. The van der Waals surface area contributed by atoms with Crippen molar-refractivity contribution >= 4 is 21.6 Å². The van der Waals surface area contributed by atoms with Gasteiger partial charge in [0.2, 0.25) is 0 Å². The predicted molar refractivity (Wildman–Crippen MR) is 109 cm³/mol. The van der Waals surface area contributed by atoms with Crippen molar-refractivity contribution in [3.8, 4) is 0 Å². The SMILES string of the molecule is O=C(O)[C@H]1O[C@H](O)[C@H](O)[C@@H](OP(=O)(OC[C@H]2O[C@@H](n3ccc(=O)[nH]c3=O)[C@H](O)[C@@H]2O)OP(=O)(O)O)[C@H]1O. The number of phosphoric ester groups is 1. The smallest absolute Gasteiger partial charge is 0.479 e. The van der Waals surface area contributed by atoms with E-state index in [4.69, 9.17) is 28.7 Å². The van der Waals surface area contributed by atoms with Crippen LogP contribution in [0.5, 0.6) is 0 Å². The number of nitrogens with zero attached hydrogens (tertiary/aromatic N) is 1. The van der Waals surface area contributed by atoms with Crippen LogP contribution in [0.25, 0.3) is 0 Å². The third kappa shape index (κ3) is 6.77. The zero-order valence-electron chi connectivity index (χ0n) is 18.1. The van der Waals surface area contributed by atoms with E-state index in [1.165, 1.54) is 0 Å². The normalized spacial score (nSPS) is 36.2. The van der Waals surface area contributed by atoms with E-state index < -0.39 is 94.7 Å². The van der Waals surface area contributed by atoms with Crippen LogP contribution >= 0.6 is 15.6 Å². The predicted octanol–water partition coefficient (Wildman–Crippen LogP) is -4.70. The standard InChI is InChI=1S/C15H22N2O18P2/c18-5-1-2-17(15(26)16-5)12-7(20)6(19)4(32-12)3-31-37(30,35-36(27,28)29)34-10-8(21)11(13(23)24)33-14(25)9(10)22/h1-2,4,6-12,14,19-22,25H,3H2,(H,23,24)(H,16,18,26)(H2,27,28,29)/t4-,6-,7-,8-,9-,10+,11+,12-,14+,37?/m1/s1. The van der Waals surface area contributed by atoms with Crippen molar-refractivity contribution in [2.24, 2.45) is 0 Å². The molecule has 0 aromatic carbocycles. The fraction of sp³-hybridized carbons (Fsp3) is 0.667. The molecule has 37 heavy (non-hydrogen) atoms. The van der Waals surface area contributed by atoms with Gasteiger partial charge in [-0.1, -0.05) is 0 Å². The highest BCUT2D eigenvalue weighted by Gasteiger charge is 2.53. The lowest BCUT2D eigenvalue weighted by atomic mass is 9.99. The number of ether oxygens (including phenoxy) is 2. The first-order valence-corrected chi connectivity index (χ1v) is 13.0. The average Bonchev–Trinajstić information content (AvgIpc) is 3.05. The third-order valence-corrected chi connectivity index (χ3v) is 7.74. The van der Waals surface area contributed by atoms with E-state index in [9.17, 15) is 49.0 Å². The van der Waals surface area contributed by atoms with Gasteiger partial charge in [0.15, 0.2) is 18.6 Å². The third-order valence-electron chi connectivity index (χ3n) is 5.12. The lowest BCUT2D eigenvalue weighted by molar-refractivity contribution is -0.277. The molecule has 0 amide bonds. The maximum absolute atomic E-state index is 13.0. The molecule has 1 aromatic rings. The second-order valence-electron chi connectivity index (χ2n) is 7.72. The Kier molecular flexibility index (Phi) is 8.89. The minimum Gasteiger partial charge on any atom is -0.479 e. The summed E-state index contributed by atoms with van der Waals surface area (Å²) in [5, 5.41) is 59.3. The Morgan fingerprint density at radius 2 is 1.68 bits per heavy atom. The molecule has 1 unspecified atom stereocenters. The molecule has 22 heteroatoms. The molecule has 2 aliphatic heterocycles. The molecule has 210 valence electrons. The molecule has 3 rings (SSSR count). The summed E-state index contributed by atoms with van der Waals surface area (Å²) in [6.45, 7) is -1.13. The summed E-state index contributed by atoms with van der Waals surface area (Å²) in [5.74, 6) is -1.86. The molecule has 0 spiro atoms. The highest BCUT2D eigenvalue weighted by Crippen LogP contribution is 2.62. The van der Waals surface area contributed by atoms with Crippen molar-refractivity contribution < 1.29 is 77.2 Å². The molecule has 0 saturated carbocycles. The van der Waals surface area contributed by atoms with Crippen LogP contribution in [0.3, 0.4) is 0 Å². The van der Waals surface area contributed by atoms with Crippen LogP contribution in [0, 0.1) is 0 Å². The van der Waals surface area contributed by atoms with Crippen LogP contribution < -0.4 is 11.2 Å². The number of carboxylic acids is 1. The largest absolute Gasteiger partial charge is 0.484 e. The molecule has 10 atom stereocenters. The number of H-pyrrole nitrogens is 1. The highest BCUT2D eigenvalue weighted by molar-refractivity contribution is 7.61. The van der Waals surface area contributed by atoms with Crippen molar-refractivity contribution in [2.75, 3.05) is 6.61 Å². The summed E-state index contributed by atoms with van der Waals surface area (Å²) < 4.78 is 48.3. The lowest BCUT2D eigenvalue weighted by Crippen LogP contribution is -2.60. The summed E-state index contributed by atoms with van der Waals surface area (Å²) in [6, 6.07) is 0.896. The number of nitrogens with one attached hydrogen (secondary N) is 1. The van der Waals surface area contributed by atoms with Crippen molar-refractivity contribution in [3.63, 3.8) is 0 Å². The van der Waals surface area contributed by atoms with E-state index in [-0.39, 0.29) is 0 Å². The maximum atomic E-state index is 13.0. The van der Waals surface area contributed by atoms with Gasteiger partial charge in [0.05, 0.1) is 6.61 Å². The molecule has 2 fully saturated rings. The van der Waals surface area contributed by atoms with Gasteiger partial charge in [0.25, 0.3) is 5.56 Å². The quantitative estimate of drug-likeness (QED) is 0.124. The molecular formula is C15H22N2O18P2. The van der Waals surface area contributed by atoms with Gasteiger partial charge in [-0.25, -0.2) is 18.7 Å². The van der Waals surface area contributed by atoms with Gasteiger partial charge in [-0.2, -0.15) is 4.31 Å². The first-order chi connectivity index (χ1) is 17.0. The molecular weight excluding hydrogens is 558 g/mol. The minimum absolute atomic E-state index is 0.680. The van der Waals surface area contributed by atoms with E-state index in [0.29, 0.717) is 4.57 Å². The van der Waals surface area contributed by atoms with Gasteiger partial charge >= 0.3 is 27.3 Å². The topological polar surface area (TPSA) is 314 Å². The Balaban J connectivity index is 1.81. The second-order valence-corrected chi connectivity index (χ2v) is 10.7. The number of aromatic amines is 1. The van der Waals surface area contributed by atoms with E-state index >= 15 is 0 Å². The number of phosphoric acid groups is 2. The summed E-state index contributed by atoms with van der Waals surface area (Å²) >= 11 is 0. The first kappa shape index (κ1) is 29.7. The average molecular weight is 580 g/mol. The molecule has 0 bridgehead atoms. The lowest BCUT2D eigenvalue weighted by Gasteiger charge is -2.39. The molecule has 0 radical (unpaired) electrons. The second kappa shape index (κ2) is 11.1. The van der Waals surface area contributed by atoms with E-state index in [1.807, 2.05) is 4.98 Å². The zero-order chi connectivity index (χ0) is 27.9. The van der Waals surface area contributed by atoms with Crippen LogP contribution in [0.2, 0.25) is 0 Å². The fourth-order valence-electron chi connectivity index (χ4n) is 3.42. The number of aromatic nitrogens is 2. The van der Waals surface area contributed by atoms with Crippen LogP contribution in [-0.4, -0.2) is 112 Å². The van der Waals surface area contributed by atoms with E-state index in [0.717, 1.165) is 12.3 Å². The Hall–Kier alpha value is -1.87. The Morgan fingerprint density at radius 1 is 1.03 bits per heavy atom. The number of hydrogen-bond donors (Lipinski definition) is 9. The Morgan fingerprint density at radius 3 is 2.24 bits per heavy atom. The monoisotopic (exact) mass is 580 g/mol. The van der Waals surface area contributed by atoms with Crippen LogP contribution in [0.15, 0.2) is 21.9 Å².